The van der Waals surface area contributed by atoms with Crippen LogP contribution < -0.4 is 27.0 Å². The van der Waals surface area contributed by atoms with Gasteiger partial charge in [-0.15, -0.1) is 0 Å². The molecule has 0 aliphatic carbocycles. The predicted octanol–water partition coefficient (Wildman–Crippen LogP) is 2.30. The minimum atomic E-state index is -1.17. The van der Waals surface area contributed by atoms with Gasteiger partial charge in [-0.25, -0.2) is 4.79 Å². The fourth-order valence-corrected chi connectivity index (χ4v) is 16.3. The summed E-state index contributed by atoms with van der Waals surface area (Å²) in [4.78, 5) is 110. The van der Waals surface area contributed by atoms with E-state index in [4.69, 9.17) is 48.4 Å². The summed E-state index contributed by atoms with van der Waals surface area (Å²) in [5.74, 6) is -3.83. The van der Waals surface area contributed by atoms with Crippen LogP contribution in [0, 0.1) is 17.8 Å². The number of fused-ring (bicyclic) bond motifs is 6. The number of nitrogens with zero attached hydrogens (tertiary/aromatic N) is 3. The molecular formula is C67H100N8O18. The number of nitrogens with two attached hydrogens (primary N) is 1. The molecule has 1 spiro atoms. The molecule has 0 saturated carbocycles. The van der Waals surface area contributed by atoms with Gasteiger partial charge in [0.15, 0.2) is 5.79 Å². The Kier molecular flexibility index (Phi) is 22.6. The largest absolute Gasteiger partial charge is 0.391 e. The fraction of sp³-hybridized carbons (Fsp3) is 0.791. The van der Waals surface area contributed by atoms with Gasteiger partial charge in [0.05, 0.1) is 67.1 Å². The number of methoxy groups -OCH3 is 1. The Hall–Kier alpha value is -5.26. The summed E-state index contributed by atoms with van der Waals surface area (Å²) in [6.07, 6.45) is 5.02. The first kappa shape index (κ1) is 69.1. The SMILES string of the molecule is C=C1C[C@@H]2CC[C@@]34C[C@H]5OC6C(O[C@H]7CC[C@H](CC(=O)C[C@@H]8[C@@H](OC)[C@@H](C[C@H](O)CNC(=O)[C@H](CCCNC(N)=O)NC(=O)[C@@H](NC(=O)CCN9CCN(C(=O)CCCCN%10C(=O)C=CC%10=O)CC9)C(C)C)O[C@H]8C[C@H]8O[C@@H](CC[C@@H]1O2)C[C@@H](C)C8=C)O[C@@H]7[C@@H]6O3)[C@H]5O4. The van der Waals surface area contributed by atoms with Crippen LogP contribution >= 0.6 is 0 Å². The normalized spacial score (nSPS) is 36.9. The Morgan fingerprint density at radius 1 is 0.731 bits per heavy atom. The van der Waals surface area contributed by atoms with Gasteiger partial charge < -0.3 is 79.6 Å². The maximum atomic E-state index is 14.6. The van der Waals surface area contributed by atoms with Crippen LogP contribution in [0.3, 0.4) is 0 Å². The Balaban J connectivity index is 0.701. The molecule has 8 amide bonds. The lowest BCUT2D eigenvalue weighted by Gasteiger charge is -2.47. The number of primary amides is 1. The van der Waals surface area contributed by atoms with Crippen molar-refractivity contribution in [2.45, 2.75) is 258 Å². The molecule has 26 nitrogen and oxygen atoms in total. The van der Waals surface area contributed by atoms with E-state index in [0.717, 1.165) is 43.3 Å². The van der Waals surface area contributed by atoms with Gasteiger partial charge in [-0.2, -0.15) is 0 Å². The van der Waals surface area contributed by atoms with Crippen molar-refractivity contribution in [1.29, 1.82) is 0 Å². The minimum Gasteiger partial charge on any atom is -0.391 e. The number of urea groups is 1. The second-order valence-electron chi connectivity index (χ2n) is 28.3. The number of unbranched alkanes of at least 4 members (excludes halogenated alkanes) is 1. The number of piperazine rings is 1. The van der Waals surface area contributed by atoms with Crippen LogP contribution in [0.2, 0.25) is 0 Å². The minimum absolute atomic E-state index is 0.00914. The van der Waals surface area contributed by atoms with Gasteiger partial charge in [-0.1, -0.05) is 33.9 Å². The van der Waals surface area contributed by atoms with E-state index >= 15 is 0 Å². The number of carbonyl (C=O) groups excluding carboxylic acids is 8. The second kappa shape index (κ2) is 30.4. The van der Waals surface area contributed by atoms with Crippen molar-refractivity contribution in [3.8, 4) is 0 Å². The maximum absolute atomic E-state index is 14.6. The van der Waals surface area contributed by atoms with Gasteiger partial charge in [0, 0.05) is 129 Å². The summed E-state index contributed by atoms with van der Waals surface area (Å²) >= 11 is 0. The first-order valence-electron chi connectivity index (χ1n) is 34.4. The number of carbonyl (C=O) groups is 8. The highest BCUT2D eigenvalue weighted by molar-refractivity contribution is 6.12. The van der Waals surface area contributed by atoms with E-state index < -0.39 is 90.5 Å². The molecule has 516 valence electrons. The van der Waals surface area contributed by atoms with Crippen molar-refractivity contribution in [1.82, 2.24) is 36.0 Å². The number of aliphatic hydroxyl groups excluding tert-OH is 1. The number of hydrogen-bond acceptors (Lipinski definition) is 19. The number of nitrogens with one attached hydrogen (secondary N) is 4. The van der Waals surface area contributed by atoms with Gasteiger partial charge in [-0.3, -0.25) is 43.4 Å². The first-order valence-corrected chi connectivity index (χ1v) is 34.4. The molecule has 0 aromatic carbocycles. The number of Topliss-reactive ketones (excluding diaryl/α,β-unsaturated/α-hetero) is 1. The van der Waals surface area contributed by atoms with E-state index in [1.165, 1.54) is 17.1 Å². The van der Waals surface area contributed by atoms with Gasteiger partial charge in [-0.05, 0) is 93.6 Å². The molecule has 11 saturated heterocycles. The molecule has 21 atom stereocenters. The molecule has 12 aliphatic heterocycles. The standard InChI is InChI=1S/C67H100N8O18/c1-36(2)57(72-53(78)19-23-73-24-26-74(27-25-73)54(79)11-7-8-22-75-55(80)16-17-56(75)81)65(83)71-46(10-9-21-69-66(68)84)64(82)70-35-41(77)32-51-58(85-6)45-31-40(76)30-43-13-15-48-59(88-43)63-62-61(90-48)60-52(91-62)34-67(92-60,93-63)20-18-44-29-38(4)47(86-44)14-12-42-28-37(3)39(5)49(87-42)33-50(45)89-51/h16-17,36-37,41-52,57-63,77H,4-5,7-15,18-35H2,1-3,6H3,(H,70,82)(H,71,83)(H,72,78)(H3,68,69,84)/t37-,41+,42+,43-,44+,45+,46+,47+,48+,49-,50+,51-,52-,57+,58-,59+,60+,61?,62?,63+,67+/m1/s1. The third-order valence-electron chi connectivity index (χ3n) is 21.4. The van der Waals surface area contributed by atoms with Crippen molar-refractivity contribution in [3.05, 3.63) is 36.5 Å². The zero-order valence-corrected chi connectivity index (χ0v) is 54.6. The third kappa shape index (κ3) is 16.4. The number of ether oxygens (including phenoxy) is 9. The highest BCUT2D eigenvalue weighted by Crippen LogP contribution is 2.54. The lowest BCUT2D eigenvalue weighted by Crippen LogP contribution is -2.61. The maximum Gasteiger partial charge on any atom is 0.312 e. The summed E-state index contributed by atoms with van der Waals surface area (Å²) < 4.78 is 61.0. The lowest BCUT2D eigenvalue weighted by atomic mass is 9.81. The van der Waals surface area contributed by atoms with Crippen LogP contribution in [0.4, 0.5) is 4.79 Å². The van der Waals surface area contributed by atoms with E-state index in [9.17, 15) is 43.5 Å². The summed E-state index contributed by atoms with van der Waals surface area (Å²) in [7, 11) is 1.57. The molecule has 12 bridgehead atoms. The molecule has 7 N–H and O–H groups in total. The Morgan fingerprint density at radius 3 is 2.20 bits per heavy atom. The monoisotopic (exact) mass is 1300 g/mol. The summed E-state index contributed by atoms with van der Waals surface area (Å²) in [6.45, 7) is 17.3. The Bertz CT molecular complexity index is 2780. The molecule has 0 radical (unpaired) electrons. The number of rotatable bonds is 22. The zero-order chi connectivity index (χ0) is 65.8. The predicted molar refractivity (Wildman–Crippen MR) is 333 cm³/mol. The lowest BCUT2D eigenvalue weighted by molar-refractivity contribution is -0.292. The van der Waals surface area contributed by atoms with Crippen LogP contribution in [0.15, 0.2) is 36.5 Å². The van der Waals surface area contributed by atoms with Gasteiger partial charge in [0.2, 0.25) is 23.6 Å². The average Bonchev–Trinajstić information content (AvgIpc) is 1.55. The van der Waals surface area contributed by atoms with Crippen molar-refractivity contribution >= 4 is 47.3 Å². The molecule has 0 aromatic rings. The van der Waals surface area contributed by atoms with Crippen LogP contribution in [0.25, 0.3) is 0 Å². The molecule has 2 unspecified atom stereocenters. The molecule has 93 heavy (non-hydrogen) atoms. The highest BCUT2D eigenvalue weighted by Gasteiger charge is 2.69. The van der Waals surface area contributed by atoms with E-state index in [1.54, 1.807) is 25.9 Å². The van der Waals surface area contributed by atoms with E-state index in [0.29, 0.717) is 84.1 Å². The smallest absolute Gasteiger partial charge is 0.312 e. The number of aliphatic hydroxyl groups is 1. The molecule has 26 heteroatoms. The van der Waals surface area contributed by atoms with Gasteiger partial charge in [0.1, 0.15) is 48.4 Å². The number of imide groups is 1. The molecule has 11 fully saturated rings. The van der Waals surface area contributed by atoms with Crippen molar-refractivity contribution in [2.24, 2.45) is 23.5 Å². The molecule has 0 aromatic heterocycles. The Morgan fingerprint density at radius 2 is 1.45 bits per heavy atom. The fourth-order valence-electron chi connectivity index (χ4n) is 16.3. The summed E-state index contributed by atoms with van der Waals surface area (Å²) in [5.41, 5.74) is 7.35. The third-order valence-corrected chi connectivity index (χ3v) is 21.4. The van der Waals surface area contributed by atoms with Gasteiger partial charge in [0.25, 0.3) is 11.8 Å². The second-order valence-corrected chi connectivity index (χ2v) is 28.3. The quantitative estimate of drug-likeness (QED) is 0.0515. The van der Waals surface area contributed by atoms with Crippen molar-refractivity contribution in [3.63, 3.8) is 0 Å². The highest BCUT2D eigenvalue weighted by atomic mass is 16.8. The number of hydrogen-bond donors (Lipinski definition) is 6. The topological polar surface area (TPSA) is 324 Å². The molecule has 12 heterocycles. The number of ketones is 1. The summed E-state index contributed by atoms with van der Waals surface area (Å²) in [6, 6.07) is -2.90. The molecule has 12 rings (SSSR count). The van der Waals surface area contributed by atoms with Crippen LogP contribution in [0.1, 0.15) is 143 Å². The van der Waals surface area contributed by atoms with E-state index in [2.05, 4.69) is 46.2 Å². The number of amides is 8. The van der Waals surface area contributed by atoms with Crippen LogP contribution in [-0.2, 0) is 76.2 Å². The van der Waals surface area contributed by atoms with Crippen molar-refractivity contribution in [2.75, 3.05) is 59.5 Å². The van der Waals surface area contributed by atoms with Crippen LogP contribution in [0.5, 0.6) is 0 Å². The molecular weight excluding hydrogens is 1200 g/mol. The Labute approximate surface area is 545 Å². The zero-order valence-electron chi connectivity index (χ0n) is 54.6. The van der Waals surface area contributed by atoms with Crippen molar-refractivity contribution < 1.29 is 86.1 Å². The van der Waals surface area contributed by atoms with Gasteiger partial charge >= 0.3 is 6.03 Å². The van der Waals surface area contributed by atoms with E-state index in [1.807, 2.05) is 0 Å². The first-order chi connectivity index (χ1) is 44.6. The average molecular weight is 1310 g/mol. The summed E-state index contributed by atoms with van der Waals surface area (Å²) in [5, 5.41) is 22.8. The van der Waals surface area contributed by atoms with Crippen LogP contribution in [-0.4, -0.2) is 242 Å². The van der Waals surface area contributed by atoms with E-state index in [-0.39, 0.29) is 148 Å². The molecule has 12 aliphatic rings.